The van der Waals surface area contributed by atoms with Crippen LogP contribution in [0.25, 0.3) is 0 Å². The molecule has 8 nitrogen and oxygen atoms in total. The van der Waals surface area contributed by atoms with Gasteiger partial charge < -0.3 is 26.6 Å². The van der Waals surface area contributed by atoms with Crippen LogP contribution in [-0.2, 0) is 19.1 Å². The third kappa shape index (κ3) is 20.2. The minimum Gasteiger partial charge on any atom is -0.464 e. The van der Waals surface area contributed by atoms with E-state index in [1.165, 1.54) is 90.4 Å². The number of hydrogen-bond acceptors (Lipinski definition) is 6. The Morgan fingerprint density at radius 1 is 0.800 bits per heavy atom. The van der Waals surface area contributed by atoms with Gasteiger partial charge in [0.05, 0.1) is 12.7 Å². The summed E-state index contributed by atoms with van der Waals surface area (Å²) >= 11 is 0. The van der Waals surface area contributed by atoms with E-state index in [1.807, 2.05) is 0 Å². The van der Waals surface area contributed by atoms with Crippen molar-refractivity contribution in [2.75, 3.05) is 6.61 Å². The smallest absolute Gasteiger partial charge is 0.328 e. The summed E-state index contributed by atoms with van der Waals surface area (Å²) in [7, 11) is 0. The second kappa shape index (κ2) is 22.8. The predicted octanol–water partition coefficient (Wildman–Crippen LogP) is 4.25. The highest BCUT2D eigenvalue weighted by molar-refractivity contribution is 5.88. The van der Waals surface area contributed by atoms with E-state index < -0.39 is 36.0 Å². The van der Waals surface area contributed by atoms with Gasteiger partial charge in [-0.15, -0.1) is 0 Å². The van der Waals surface area contributed by atoms with Crippen molar-refractivity contribution in [1.82, 2.24) is 5.32 Å². The van der Waals surface area contributed by atoms with Gasteiger partial charge in [0.2, 0.25) is 11.8 Å². The third-order valence-corrected chi connectivity index (χ3v) is 6.35. The van der Waals surface area contributed by atoms with Crippen LogP contribution in [0.1, 0.15) is 129 Å². The van der Waals surface area contributed by atoms with Crippen molar-refractivity contribution in [3.05, 3.63) is 0 Å². The van der Waals surface area contributed by atoms with Crippen LogP contribution in [0.2, 0.25) is 0 Å². The van der Waals surface area contributed by atoms with Gasteiger partial charge in [0.15, 0.2) is 0 Å². The molecule has 0 aromatic rings. The standard InChI is InChI=1S/C27H53N3O5/c1-3-4-5-6-7-8-9-10-11-12-13-14-15-16-17-18-21-35-27(34)23(19-20-24(28)32)30-26(33)25(29)22(2)31/h22-23,25,31H,3-21,29H2,1-2H3,(H2,28,32)(H,30,33)/t22-,23+,25+/m0/s1. The fraction of sp³-hybridized carbons (Fsp3) is 0.889. The molecule has 0 saturated heterocycles. The molecule has 0 aliphatic carbocycles. The Morgan fingerprint density at radius 2 is 1.23 bits per heavy atom. The molecule has 206 valence electrons. The normalized spacial score (nSPS) is 13.7. The highest BCUT2D eigenvalue weighted by Crippen LogP contribution is 2.14. The largest absolute Gasteiger partial charge is 0.464 e. The minimum absolute atomic E-state index is 0.0331. The predicted molar refractivity (Wildman–Crippen MR) is 141 cm³/mol. The second-order valence-electron chi connectivity index (χ2n) is 9.80. The number of hydrogen-bond donors (Lipinski definition) is 4. The van der Waals surface area contributed by atoms with Crippen LogP contribution in [0.3, 0.4) is 0 Å². The van der Waals surface area contributed by atoms with E-state index in [0.717, 1.165) is 19.3 Å². The molecule has 6 N–H and O–H groups in total. The lowest BCUT2D eigenvalue weighted by Crippen LogP contribution is -2.52. The first-order valence-corrected chi connectivity index (χ1v) is 14.0. The third-order valence-electron chi connectivity index (χ3n) is 6.35. The molecular weight excluding hydrogens is 446 g/mol. The van der Waals surface area contributed by atoms with Crippen LogP contribution >= 0.6 is 0 Å². The molecular formula is C27H53N3O5. The number of primary amides is 1. The number of unbranched alkanes of at least 4 members (excludes halogenated alkanes) is 15. The average Bonchev–Trinajstić information content (AvgIpc) is 2.82. The molecule has 0 aromatic carbocycles. The molecule has 2 amide bonds. The van der Waals surface area contributed by atoms with Gasteiger partial charge >= 0.3 is 5.97 Å². The monoisotopic (exact) mass is 499 g/mol. The van der Waals surface area contributed by atoms with E-state index in [1.54, 1.807) is 0 Å². The van der Waals surface area contributed by atoms with Crippen LogP contribution in [0.15, 0.2) is 0 Å². The first kappa shape index (κ1) is 33.3. The molecule has 35 heavy (non-hydrogen) atoms. The Hall–Kier alpha value is -1.67. The molecule has 0 bridgehead atoms. The number of rotatable bonds is 24. The topological polar surface area (TPSA) is 145 Å². The van der Waals surface area contributed by atoms with Gasteiger partial charge in [-0.05, 0) is 19.8 Å². The van der Waals surface area contributed by atoms with Crippen LogP contribution < -0.4 is 16.8 Å². The Labute approximate surface area is 213 Å². The Morgan fingerprint density at radius 3 is 1.63 bits per heavy atom. The van der Waals surface area contributed by atoms with Gasteiger partial charge in [-0.25, -0.2) is 4.79 Å². The second-order valence-corrected chi connectivity index (χ2v) is 9.80. The van der Waals surface area contributed by atoms with Gasteiger partial charge in [0.1, 0.15) is 12.1 Å². The van der Waals surface area contributed by atoms with Crippen LogP contribution in [0.4, 0.5) is 0 Å². The molecule has 8 heteroatoms. The fourth-order valence-electron chi connectivity index (χ4n) is 3.95. The zero-order chi connectivity index (χ0) is 26.3. The number of nitrogens with two attached hydrogens (primary N) is 2. The van der Waals surface area contributed by atoms with Crippen molar-refractivity contribution in [3.63, 3.8) is 0 Å². The number of nitrogens with one attached hydrogen (secondary N) is 1. The number of carbonyl (C=O) groups excluding carboxylic acids is 3. The van der Waals surface area contributed by atoms with E-state index >= 15 is 0 Å². The van der Waals surface area contributed by atoms with E-state index in [4.69, 9.17) is 16.2 Å². The summed E-state index contributed by atoms with van der Waals surface area (Å²) in [5, 5.41) is 11.9. The van der Waals surface area contributed by atoms with E-state index in [0.29, 0.717) is 0 Å². The summed E-state index contributed by atoms with van der Waals surface area (Å²) in [6, 6.07) is -2.18. The first-order valence-electron chi connectivity index (χ1n) is 14.0. The van der Waals surface area contributed by atoms with Gasteiger partial charge in [-0.1, -0.05) is 103 Å². The zero-order valence-electron chi connectivity index (χ0n) is 22.4. The average molecular weight is 500 g/mol. The summed E-state index contributed by atoms with van der Waals surface area (Å²) in [5.74, 6) is -1.86. The molecule has 0 spiro atoms. The molecule has 0 aromatic heterocycles. The fourth-order valence-corrected chi connectivity index (χ4v) is 3.95. The van der Waals surface area contributed by atoms with Gasteiger partial charge in [-0.3, -0.25) is 9.59 Å². The SMILES string of the molecule is CCCCCCCCCCCCCCCCCCOC(=O)[C@@H](CCC(N)=O)NC(=O)[C@H](N)[C@H](C)O. The van der Waals surface area contributed by atoms with E-state index in [2.05, 4.69) is 12.2 Å². The summed E-state index contributed by atoms with van der Waals surface area (Å²) in [4.78, 5) is 35.5. The van der Waals surface area contributed by atoms with Crippen LogP contribution in [-0.4, -0.2) is 47.7 Å². The maximum Gasteiger partial charge on any atom is 0.328 e. The van der Waals surface area contributed by atoms with Crippen molar-refractivity contribution in [2.45, 2.75) is 148 Å². The van der Waals surface area contributed by atoms with Crippen molar-refractivity contribution in [1.29, 1.82) is 0 Å². The Bertz CT molecular complexity index is 557. The minimum atomic E-state index is -1.17. The quantitative estimate of drug-likeness (QED) is 0.115. The summed E-state index contributed by atoms with van der Waals surface area (Å²) in [6.07, 6.45) is 19.2. The summed E-state index contributed by atoms with van der Waals surface area (Å²) in [5.41, 5.74) is 10.8. The molecule has 0 fully saturated rings. The zero-order valence-corrected chi connectivity index (χ0v) is 22.4. The van der Waals surface area contributed by atoms with E-state index in [9.17, 15) is 19.5 Å². The molecule has 0 radical (unpaired) electrons. The highest BCUT2D eigenvalue weighted by Gasteiger charge is 2.27. The molecule has 0 unspecified atom stereocenters. The number of carbonyl (C=O) groups is 3. The van der Waals surface area contributed by atoms with E-state index in [-0.39, 0.29) is 19.4 Å². The van der Waals surface area contributed by atoms with Gasteiger partial charge in [0.25, 0.3) is 0 Å². The highest BCUT2D eigenvalue weighted by atomic mass is 16.5. The number of ether oxygens (including phenoxy) is 1. The number of aliphatic hydroxyl groups excluding tert-OH is 1. The molecule has 0 aliphatic rings. The maximum absolute atomic E-state index is 12.4. The lowest BCUT2D eigenvalue weighted by atomic mass is 10.0. The lowest BCUT2D eigenvalue weighted by molar-refractivity contribution is -0.148. The number of amides is 2. The lowest BCUT2D eigenvalue weighted by Gasteiger charge is -2.20. The Balaban J connectivity index is 3.79. The first-order chi connectivity index (χ1) is 16.8. The molecule has 3 atom stereocenters. The van der Waals surface area contributed by atoms with Crippen LogP contribution in [0, 0.1) is 0 Å². The molecule has 0 rings (SSSR count). The van der Waals surface area contributed by atoms with Crippen LogP contribution in [0.5, 0.6) is 0 Å². The maximum atomic E-state index is 12.4. The summed E-state index contributed by atoms with van der Waals surface area (Å²) in [6.45, 7) is 3.91. The number of aliphatic hydroxyl groups is 1. The van der Waals surface area contributed by atoms with Crippen molar-refractivity contribution >= 4 is 17.8 Å². The van der Waals surface area contributed by atoms with Gasteiger partial charge in [0, 0.05) is 6.42 Å². The summed E-state index contributed by atoms with van der Waals surface area (Å²) < 4.78 is 5.29. The Kier molecular flexibility index (Phi) is 21.7. The molecule has 0 aliphatic heterocycles. The van der Waals surface area contributed by atoms with Crippen molar-refractivity contribution in [2.24, 2.45) is 11.5 Å². The molecule has 0 saturated carbocycles. The van der Waals surface area contributed by atoms with Crippen molar-refractivity contribution < 1.29 is 24.2 Å². The van der Waals surface area contributed by atoms with Crippen molar-refractivity contribution in [3.8, 4) is 0 Å². The number of esters is 1. The van der Waals surface area contributed by atoms with Gasteiger partial charge in [-0.2, -0.15) is 0 Å². The molecule has 0 heterocycles.